The smallest absolute Gasteiger partial charge is 0.366 e. The van der Waals surface area contributed by atoms with E-state index in [1.54, 1.807) is 0 Å². The molecule has 1 heteroatoms. The minimum absolute atomic E-state index is 0. The van der Waals surface area contributed by atoms with Crippen LogP contribution in [0.5, 0.6) is 0 Å². The van der Waals surface area contributed by atoms with Gasteiger partial charge in [0.15, 0.2) is 0 Å². The first-order valence-electron chi connectivity index (χ1n) is 4.82. The van der Waals surface area contributed by atoms with Crippen LogP contribution >= 0.6 is 0 Å². The van der Waals surface area contributed by atoms with Crippen LogP contribution in [-0.2, 0) is 0 Å². The summed E-state index contributed by atoms with van der Waals surface area (Å²) < 4.78 is 0. The molecule has 0 bridgehead atoms. The molecular weight excluding hydrogens is 216 g/mol. The van der Waals surface area contributed by atoms with Crippen LogP contribution in [0, 0.1) is 24.7 Å². The number of rotatable bonds is 0. The Morgan fingerprint density at radius 1 is 0.588 bits per heavy atom. The average Bonchev–Trinajstić information content (AvgIpc) is 2.41. The summed E-state index contributed by atoms with van der Waals surface area (Å²) in [7, 11) is 0. The Morgan fingerprint density at radius 2 is 0.882 bits per heavy atom. The second-order valence-electron chi connectivity index (χ2n) is 2.98. The number of hydrogen-bond acceptors (Lipinski definition) is 0. The van der Waals surface area contributed by atoms with Gasteiger partial charge in [-0.1, -0.05) is 36.4 Å². The van der Waals surface area contributed by atoms with Gasteiger partial charge in [0, 0.05) is 0 Å². The maximum Gasteiger partial charge on any atom is 2.00 e. The molecule has 76 valence electrons. The first kappa shape index (κ1) is 15.3. The molecule has 0 saturated carbocycles. The Hall–Kier alpha value is -1.67. The molecule has 0 nitrogen and oxygen atoms in total. The van der Waals surface area contributed by atoms with Gasteiger partial charge in [0.1, 0.15) is 0 Å². The van der Waals surface area contributed by atoms with Crippen molar-refractivity contribution in [1.82, 2.24) is 0 Å². The second-order valence-corrected chi connectivity index (χ2v) is 2.98. The third kappa shape index (κ3) is 6.48. The van der Waals surface area contributed by atoms with E-state index in [-0.39, 0.29) is 23.1 Å². The van der Waals surface area contributed by atoms with Crippen LogP contribution in [0.4, 0.5) is 0 Å². The summed E-state index contributed by atoms with van der Waals surface area (Å²) in [6.45, 7) is 0. The van der Waals surface area contributed by atoms with Gasteiger partial charge < -0.3 is 12.8 Å². The summed E-state index contributed by atoms with van der Waals surface area (Å²) in [5.74, 6) is 4.55. The standard InChI is InChI=1S/2C8H5.Mg/c2*1-2-8-6-4-3-5-7-8;/h2*3-7H;/q2*-1;+2. The van der Waals surface area contributed by atoms with Crippen LogP contribution in [0.1, 0.15) is 11.1 Å². The van der Waals surface area contributed by atoms with Gasteiger partial charge in [-0.2, -0.15) is 0 Å². The minimum atomic E-state index is 0. The molecule has 0 fully saturated rings. The van der Waals surface area contributed by atoms with Crippen molar-refractivity contribution in [3.63, 3.8) is 0 Å². The largest absolute Gasteiger partial charge is 2.00 e. The molecule has 0 unspecified atom stereocenters. The maximum atomic E-state index is 6.69. The first-order chi connectivity index (χ1) is 7.86. The minimum Gasteiger partial charge on any atom is -0.366 e. The van der Waals surface area contributed by atoms with E-state index in [2.05, 4.69) is 11.8 Å². The topological polar surface area (TPSA) is 0 Å². The van der Waals surface area contributed by atoms with Crippen molar-refractivity contribution in [2.75, 3.05) is 0 Å². The molecule has 0 heterocycles. The van der Waals surface area contributed by atoms with Gasteiger partial charge in [-0.15, -0.1) is 35.4 Å². The van der Waals surface area contributed by atoms with E-state index in [0.29, 0.717) is 0 Å². The van der Waals surface area contributed by atoms with Crippen molar-refractivity contribution in [3.05, 3.63) is 84.6 Å². The third-order valence-corrected chi connectivity index (χ3v) is 1.84. The van der Waals surface area contributed by atoms with Gasteiger partial charge in [0.25, 0.3) is 0 Å². The zero-order valence-corrected chi connectivity index (χ0v) is 10.9. The van der Waals surface area contributed by atoms with Gasteiger partial charge in [-0.05, 0) is 0 Å². The van der Waals surface area contributed by atoms with Gasteiger partial charge in [-0.25, -0.2) is 0 Å². The summed E-state index contributed by atoms with van der Waals surface area (Å²) in [5.41, 5.74) is 1.65. The molecule has 0 aromatic heterocycles. The van der Waals surface area contributed by atoms with E-state index >= 15 is 0 Å². The van der Waals surface area contributed by atoms with Crippen LogP contribution in [0.3, 0.4) is 0 Å². The molecule has 17 heavy (non-hydrogen) atoms. The predicted molar refractivity (Wildman–Crippen MR) is 71.1 cm³/mol. The molecule has 0 N–H and O–H groups in total. The van der Waals surface area contributed by atoms with Crippen molar-refractivity contribution in [2.45, 2.75) is 0 Å². The van der Waals surface area contributed by atoms with Gasteiger partial charge in [-0.3, -0.25) is 11.8 Å². The Bertz CT molecular complexity index is 437. The molecule has 2 aromatic carbocycles. The summed E-state index contributed by atoms with van der Waals surface area (Å²) in [4.78, 5) is 0. The van der Waals surface area contributed by atoms with Crippen molar-refractivity contribution in [2.24, 2.45) is 0 Å². The van der Waals surface area contributed by atoms with Gasteiger partial charge in [0.05, 0.1) is 0 Å². The molecule has 2 aromatic rings. The van der Waals surface area contributed by atoms with Crippen molar-refractivity contribution in [3.8, 4) is 11.8 Å². The average molecular weight is 227 g/mol. The second kappa shape index (κ2) is 9.54. The molecule has 0 spiro atoms. The zero-order valence-electron chi connectivity index (χ0n) is 9.48. The van der Waals surface area contributed by atoms with Crippen molar-refractivity contribution < 1.29 is 0 Å². The maximum absolute atomic E-state index is 6.69. The van der Waals surface area contributed by atoms with E-state index in [1.165, 1.54) is 0 Å². The normalized spacial score (nSPS) is 7.41. The predicted octanol–water partition coefficient (Wildman–Crippen LogP) is 2.87. The monoisotopic (exact) mass is 226 g/mol. The summed E-state index contributed by atoms with van der Waals surface area (Å²) in [6, 6.07) is 18.7. The van der Waals surface area contributed by atoms with Crippen LogP contribution < -0.4 is 0 Å². The van der Waals surface area contributed by atoms with E-state index in [0.717, 1.165) is 11.1 Å². The summed E-state index contributed by atoms with van der Waals surface area (Å²) >= 11 is 0. The van der Waals surface area contributed by atoms with Crippen LogP contribution in [0.25, 0.3) is 0 Å². The molecule has 0 atom stereocenters. The Labute approximate surface area is 119 Å². The molecule has 0 saturated heterocycles. The SMILES string of the molecule is [C-]#Cc1ccccc1.[C-]#Cc1ccccc1.[Mg+2]. The van der Waals surface area contributed by atoms with Crippen LogP contribution in [0.2, 0.25) is 0 Å². The molecule has 0 aliphatic carbocycles. The van der Waals surface area contributed by atoms with Crippen molar-refractivity contribution in [1.29, 1.82) is 0 Å². The molecule has 0 radical (unpaired) electrons. The van der Waals surface area contributed by atoms with E-state index < -0.39 is 0 Å². The van der Waals surface area contributed by atoms with Gasteiger partial charge >= 0.3 is 23.1 Å². The third-order valence-electron chi connectivity index (χ3n) is 1.84. The van der Waals surface area contributed by atoms with Crippen LogP contribution in [-0.4, -0.2) is 23.1 Å². The van der Waals surface area contributed by atoms with E-state index in [4.69, 9.17) is 12.8 Å². The van der Waals surface area contributed by atoms with E-state index in [9.17, 15) is 0 Å². The summed E-state index contributed by atoms with van der Waals surface area (Å²) in [5, 5.41) is 0. The van der Waals surface area contributed by atoms with Crippen LogP contribution in [0.15, 0.2) is 60.7 Å². The Kier molecular flexibility index (Phi) is 8.61. The molecule has 0 aliphatic rings. The van der Waals surface area contributed by atoms with Crippen molar-refractivity contribution >= 4 is 23.1 Å². The molecular formula is C16H10Mg. The van der Waals surface area contributed by atoms with Gasteiger partial charge in [0.2, 0.25) is 0 Å². The summed E-state index contributed by atoms with van der Waals surface area (Å²) in [6.07, 6.45) is 13.4. The molecule has 0 amide bonds. The molecule has 2 rings (SSSR count). The fraction of sp³-hybridized carbons (Fsp3) is 0. The fourth-order valence-electron chi connectivity index (χ4n) is 1.04. The fourth-order valence-corrected chi connectivity index (χ4v) is 1.04. The Morgan fingerprint density at radius 3 is 1.06 bits per heavy atom. The first-order valence-corrected chi connectivity index (χ1v) is 4.82. The zero-order chi connectivity index (χ0) is 11.6. The van der Waals surface area contributed by atoms with E-state index in [1.807, 2.05) is 60.7 Å². The number of benzene rings is 2. The molecule has 0 aliphatic heterocycles. The quantitative estimate of drug-likeness (QED) is 0.368. The Balaban J connectivity index is 0.000000284. The number of hydrogen-bond donors (Lipinski definition) is 0.